The molecule has 0 saturated carbocycles. The van der Waals surface area contributed by atoms with Crippen LogP contribution in [0, 0.1) is 13.8 Å². The van der Waals surface area contributed by atoms with E-state index in [9.17, 15) is 5.11 Å². The third kappa shape index (κ3) is 3.39. The van der Waals surface area contributed by atoms with E-state index in [0.29, 0.717) is 5.75 Å². The van der Waals surface area contributed by atoms with Crippen molar-refractivity contribution >= 4 is 0 Å². The van der Waals surface area contributed by atoms with Crippen molar-refractivity contribution in [1.82, 2.24) is 15.1 Å². The molecule has 0 bridgehead atoms. The Morgan fingerprint density at radius 3 is 2.55 bits per heavy atom. The summed E-state index contributed by atoms with van der Waals surface area (Å²) in [6.45, 7) is 9.05. The van der Waals surface area contributed by atoms with Crippen molar-refractivity contribution in [1.29, 1.82) is 0 Å². The monoisotopic (exact) mass is 273 g/mol. The van der Waals surface area contributed by atoms with E-state index < -0.39 is 0 Å². The van der Waals surface area contributed by atoms with Crippen molar-refractivity contribution < 1.29 is 5.11 Å². The number of aromatic nitrogens is 2. The maximum atomic E-state index is 9.32. The largest absolute Gasteiger partial charge is 0.508 e. The Kier molecular flexibility index (Phi) is 4.79. The van der Waals surface area contributed by atoms with Gasteiger partial charge in [0.05, 0.1) is 12.2 Å². The number of phenols is 1. The summed E-state index contributed by atoms with van der Waals surface area (Å²) in [5.41, 5.74) is 4.82. The Labute approximate surface area is 120 Å². The zero-order chi connectivity index (χ0) is 14.5. The van der Waals surface area contributed by atoms with Crippen LogP contribution in [0.5, 0.6) is 5.75 Å². The fourth-order valence-electron chi connectivity index (χ4n) is 2.41. The lowest BCUT2D eigenvalue weighted by molar-refractivity contribution is 0.475. The Bertz CT molecular complexity index is 558. The minimum atomic E-state index is 0.299. The van der Waals surface area contributed by atoms with Crippen LogP contribution in [0.1, 0.15) is 29.4 Å². The zero-order valence-corrected chi connectivity index (χ0v) is 12.5. The van der Waals surface area contributed by atoms with Gasteiger partial charge in [-0.3, -0.25) is 4.68 Å². The number of rotatable bonds is 6. The molecule has 1 aromatic heterocycles. The van der Waals surface area contributed by atoms with Gasteiger partial charge in [0.15, 0.2) is 0 Å². The molecule has 0 fully saturated rings. The Morgan fingerprint density at radius 1 is 1.20 bits per heavy atom. The topological polar surface area (TPSA) is 50.1 Å². The van der Waals surface area contributed by atoms with Crippen LogP contribution in [0.3, 0.4) is 0 Å². The van der Waals surface area contributed by atoms with Gasteiger partial charge in [-0.2, -0.15) is 5.10 Å². The molecule has 2 N–H and O–H groups in total. The van der Waals surface area contributed by atoms with Gasteiger partial charge in [-0.05, 0) is 56.6 Å². The lowest BCUT2D eigenvalue weighted by Gasteiger charge is -2.06. The molecule has 20 heavy (non-hydrogen) atoms. The number of hydrogen-bond donors (Lipinski definition) is 2. The first-order valence-corrected chi connectivity index (χ1v) is 7.13. The fraction of sp³-hybridized carbons (Fsp3) is 0.438. The van der Waals surface area contributed by atoms with Crippen molar-refractivity contribution in [2.24, 2.45) is 0 Å². The van der Waals surface area contributed by atoms with Crippen LogP contribution < -0.4 is 5.32 Å². The third-order valence-electron chi connectivity index (χ3n) is 3.60. The van der Waals surface area contributed by atoms with Crippen LogP contribution >= 0.6 is 0 Å². The standard InChI is InChI=1S/C16H23N3O/c1-4-17-10-9-16-12(2)18-19(13(16)3)11-14-5-7-15(20)8-6-14/h5-8,17,20H,4,9-11H2,1-3H3. The summed E-state index contributed by atoms with van der Waals surface area (Å²) in [6, 6.07) is 7.30. The van der Waals surface area contributed by atoms with Crippen molar-refractivity contribution in [3.05, 3.63) is 46.8 Å². The molecule has 2 aromatic rings. The smallest absolute Gasteiger partial charge is 0.115 e. The summed E-state index contributed by atoms with van der Waals surface area (Å²) in [5.74, 6) is 0.299. The van der Waals surface area contributed by atoms with Gasteiger partial charge in [0.1, 0.15) is 5.75 Å². The molecule has 4 nitrogen and oxygen atoms in total. The molecule has 2 rings (SSSR count). The molecule has 1 heterocycles. The van der Waals surface area contributed by atoms with Crippen LogP contribution in [0.15, 0.2) is 24.3 Å². The number of likely N-dealkylation sites (N-methyl/N-ethyl adjacent to an activating group) is 1. The van der Waals surface area contributed by atoms with Crippen LogP contribution in [0.4, 0.5) is 0 Å². The summed E-state index contributed by atoms with van der Waals surface area (Å²) in [6.07, 6.45) is 1.01. The van der Waals surface area contributed by atoms with Crippen molar-refractivity contribution in [2.75, 3.05) is 13.1 Å². The second-order valence-electron chi connectivity index (χ2n) is 5.08. The number of nitrogens with zero attached hydrogens (tertiary/aromatic N) is 2. The molecule has 0 amide bonds. The fourth-order valence-corrected chi connectivity index (χ4v) is 2.41. The lowest BCUT2D eigenvalue weighted by Crippen LogP contribution is -2.16. The molecule has 0 saturated heterocycles. The highest BCUT2D eigenvalue weighted by Gasteiger charge is 2.11. The molecule has 1 aromatic carbocycles. The average Bonchev–Trinajstić information content (AvgIpc) is 2.69. The van der Waals surface area contributed by atoms with E-state index in [1.54, 1.807) is 12.1 Å². The van der Waals surface area contributed by atoms with Crippen LogP contribution in [0.2, 0.25) is 0 Å². The van der Waals surface area contributed by atoms with Gasteiger partial charge in [0.25, 0.3) is 0 Å². The average molecular weight is 273 g/mol. The van der Waals surface area contributed by atoms with Crippen molar-refractivity contribution in [3.8, 4) is 5.75 Å². The molecular formula is C16H23N3O. The van der Waals surface area contributed by atoms with Crippen LogP contribution in [-0.4, -0.2) is 28.0 Å². The number of benzene rings is 1. The molecule has 0 aliphatic heterocycles. The highest BCUT2D eigenvalue weighted by molar-refractivity contribution is 5.28. The molecule has 0 spiro atoms. The first-order chi connectivity index (χ1) is 9.61. The van der Waals surface area contributed by atoms with E-state index in [2.05, 4.69) is 31.2 Å². The molecule has 4 heteroatoms. The van der Waals surface area contributed by atoms with E-state index in [1.807, 2.05) is 16.8 Å². The lowest BCUT2D eigenvalue weighted by atomic mass is 10.1. The number of aromatic hydroxyl groups is 1. The van der Waals surface area contributed by atoms with E-state index in [1.165, 1.54) is 11.3 Å². The number of hydrogen-bond acceptors (Lipinski definition) is 3. The predicted octanol–water partition coefficient (Wildman–Crippen LogP) is 2.41. The van der Waals surface area contributed by atoms with Crippen molar-refractivity contribution in [2.45, 2.75) is 33.7 Å². The van der Waals surface area contributed by atoms with Gasteiger partial charge < -0.3 is 10.4 Å². The molecule has 0 radical (unpaired) electrons. The summed E-state index contributed by atoms with van der Waals surface area (Å²) in [5, 5.41) is 17.3. The third-order valence-corrected chi connectivity index (χ3v) is 3.60. The van der Waals surface area contributed by atoms with Gasteiger partial charge in [-0.25, -0.2) is 0 Å². The number of aryl methyl sites for hydroxylation is 1. The Hall–Kier alpha value is -1.81. The van der Waals surface area contributed by atoms with Gasteiger partial charge in [0.2, 0.25) is 0 Å². The normalized spacial score (nSPS) is 10.9. The summed E-state index contributed by atoms with van der Waals surface area (Å²) < 4.78 is 2.04. The van der Waals surface area contributed by atoms with E-state index in [0.717, 1.165) is 37.3 Å². The van der Waals surface area contributed by atoms with Gasteiger partial charge >= 0.3 is 0 Å². The minimum absolute atomic E-state index is 0.299. The highest BCUT2D eigenvalue weighted by Crippen LogP contribution is 2.16. The molecule has 0 aliphatic rings. The number of nitrogens with one attached hydrogen (secondary N) is 1. The molecule has 0 atom stereocenters. The van der Waals surface area contributed by atoms with Gasteiger partial charge in [-0.1, -0.05) is 19.1 Å². The summed E-state index contributed by atoms with van der Waals surface area (Å²) in [4.78, 5) is 0. The van der Waals surface area contributed by atoms with Gasteiger partial charge in [-0.15, -0.1) is 0 Å². The second-order valence-corrected chi connectivity index (χ2v) is 5.08. The quantitative estimate of drug-likeness (QED) is 0.795. The van der Waals surface area contributed by atoms with E-state index in [-0.39, 0.29) is 0 Å². The van der Waals surface area contributed by atoms with E-state index >= 15 is 0 Å². The van der Waals surface area contributed by atoms with Crippen LogP contribution in [-0.2, 0) is 13.0 Å². The molecule has 0 unspecified atom stereocenters. The van der Waals surface area contributed by atoms with Crippen LogP contribution in [0.25, 0.3) is 0 Å². The first kappa shape index (κ1) is 14.6. The predicted molar refractivity (Wildman–Crippen MR) is 81.2 cm³/mol. The Morgan fingerprint density at radius 2 is 1.90 bits per heavy atom. The maximum absolute atomic E-state index is 9.32. The summed E-state index contributed by atoms with van der Waals surface area (Å²) in [7, 11) is 0. The second kappa shape index (κ2) is 6.57. The molecule has 0 aliphatic carbocycles. The Balaban J connectivity index is 2.12. The number of phenolic OH excluding ortho intramolecular Hbond substituents is 1. The molecule has 108 valence electrons. The maximum Gasteiger partial charge on any atom is 0.115 e. The SMILES string of the molecule is CCNCCc1c(C)nn(Cc2ccc(O)cc2)c1C. The van der Waals surface area contributed by atoms with E-state index in [4.69, 9.17) is 0 Å². The summed E-state index contributed by atoms with van der Waals surface area (Å²) >= 11 is 0. The minimum Gasteiger partial charge on any atom is -0.508 e. The van der Waals surface area contributed by atoms with Gasteiger partial charge in [0, 0.05) is 5.69 Å². The first-order valence-electron chi connectivity index (χ1n) is 7.13. The molecular weight excluding hydrogens is 250 g/mol. The van der Waals surface area contributed by atoms with Crippen molar-refractivity contribution in [3.63, 3.8) is 0 Å². The highest BCUT2D eigenvalue weighted by atomic mass is 16.3. The zero-order valence-electron chi connectivity index (χ0n) is 12.5.